The summed E-state index contributed by atoms with van der Waals surface area (Å²) in [6.45, 7) is 3.56. The molecule has 0 fully saturated rings. The van der Waals surface area contributed by atoms with Gasteiger partial charge < -0.3 is 0 Å². The van der Waals surface area contributed by atoms with Gasteiger partial charge in [0.15, 0.2) is 0 Å². The summed E-state index contributed by atoms with van der Waals surface area (Å²) in [6, 6.07) is 30.0. The maximum atomic E-state index is 13.0. The van der Waals surface area contributed by atoms with Crippen LogP contribution in [0.15, 0.2) is 97.3 Å². The second kappa shape index (κ2) is 12.2. The van der Waals surface area contributed by atoms with Gasteiger partial charge in [0, 0.05) is 6.42 Å². The molecule has 0 aliphatic rings. The van der Waals surface area contributed by atoms with Crippen molar-refractivity contribution in [3.05, 3.63) is 120 Å². The molecule has 0 amide bonds. The number of hydrogen-bond donors (Lipinski definition) is 0. The van der Waals surface area contributed by atoms with Crippen LogP contribution in [0, 0.1) is 0 Å². The fourth-order valence-electron chi connectivity index (χ4n) is 4.28. The molecule has 1 aromatic heterocycles. The standard InChI is InChI=1S/C28H30N3O5P/c1-3-34-37(33,35-4-2)36-21-20-26(32)27-29-22-31(30-27)28(23-14-8-5-9-15-23,24-16-10-6-11-17-24)25-18-12-7-13-19-25/h5-19,22H,3-4,20-21H2,1-2H3. The van der Waals surface area contributed by atoms with Gasteiger partial charge in [-0.25, -0.2) is 14.2 Å². The number of phosphoric acid groups is 1. The van der Waals surface area contributed by atoms with Crippen LogP contribution in [0.2, 0.25) is 0 Å². The zero-order valence-electron chi connectivity index (χ0n) is 20.9. The van der Waals surface area contributed by atoms with Crippen molar-refractivity contribution in [2.24, 2.45) is 0 Å². The molecule has 0 radical (unpaired) electrons. The quantitative estimate of drug-likeness (QED) is 0.124. The van der Waals surface area contributed by atoms with Crippen molar-refractivity contribution < 1.29 is 22.9 Å². The Kier molecular flexibility index (Phi) is 8.79. The monoisotopic (exact) mass is 519 g/mol. The molecule has 192 valence electrons. The number of hydrogen-bond acceptors (Lipinski definition) is 7. The van der Waals surface area contributed by atoms with Crippen molar-refractivity contribution in [1.29, 1.82) is 0 Å². The Morgan fingerprint density at radius 2 is 1.24 bits per heavy atom. The van der Waals surface area contributed by atoms with Gasteiger partial charge in [-0.2, -0.15) is 0 Å². The normalized spacial score (nSPS) is 11.9. The Balaban J connectivity index is 1.70. The molecule has 0 unspecified atom stereocenters. The lowest BCUT2D eigenvalue weighted by atomic mass is 9.77. The van der Waals surface area contributed by atoms with Gasteiger partial charge >= 0.3 is 7.82 Å². The lowest BCUT2D eigenvalue weighted by molar-refractivity contribution is 0.0907. The Morgan fingerprint density at radius 1 is 0.784 bits per heavy atom. The van der Waals surface area contributed by atoms with Gasteiger partial charge in [0.1, 0.15) is 11.9 Å². The maximum absolute atomic E-state index is 13.0. The molecule has 0 atom stereocenters. The number of rotatable bonds is 13. The van der Waals surface area contributed by atoms with Gasteiger partial charge in [0.2, 0.25) is 11.6 Å². The van der Waals surface area contributed by atoms with Crippen molar-refractivity contribution in [3.63, 3.8) is 0 Å². The third-order valence-corrected chi connectivity index (χ3v) is 7.46. The molecule has 37 heavy (non-hydrogen) atoms. The molecule has 4 aromatic rings. The summed E-state index contributed by atoms with van der Waals surface area (Å²) < 4.78 is 29.8. The first-order valence-electron chi connectivity index (χ1n) is 12.2. The molecule has 4 rings (SSSR count). The number of benzene rings is 3. The lowest BCUT2D eigenvalue weighted by Gasteiger charge is -2.35. The van der Waals surface area contributed by atoms with E-state index in [1.54, 1.807) is 24.9 Å². The van der Waals surface area contributed by atoms with Crippen LogP contribution < -0.4 is 0 Å². The van der Waals surface area contributed by atoms with E-state index in [4.69, 9.17) is 13.6 Å². The predicted octanol–water partition coefficient (Wildman–Crippen LogP) is 5.89. The van der Waals surface area contributed by atoms with Crippen molar-refractivity contribution in [3.8, 4) is 0 Å². The summed E-state index contributed by atoms with van der Waals surface area (Å²) in [5, 5.41) is 4.67. The van der Waals surface area contributed by atoms with E-state index in [1.807, 2.05) is 91.0 Å². The number of carbonyl (C=O) groups is 1. The van der Waals surface area contributed by atoms with Crippen molar-refractivity contribution in [2.75, 3.05) is 19.8 Å². The van der Waals surface area contributed by atoms with Crippen LogP contribution in [-0.2, 0) is 23.7 Å². The number of carbonyl (C=O) groups excluding carboxylic acids is 1. The Hall–Kier alpha value is -3.42. The summed E-state index contributed by atoms with van der Waals surface area (Å²) in [4.78, 5) is 17.4. The minimum absolute atomic E-state index is 0.0402. The number of aromatic nitrogens is 3. The molecule has 0 spiro atoms. The smallest absolute Gasteiger partial charge is 0.290 e. The van der Waals surface area contributed by atoms with Gasteiger partial charge in [-0.05, 0) is 30.5 Å². The first-order chi connectivity index (χ1) is 18.0. The first-order valence-corrected chi connectivity index (χ1v) is 13.6. The summed E-state index contributed by atoms with van der Waals surface area (Å²) in [6.07, 6.45) is 1.50. The molecular weight excluding hydrogens is 489 g/mol. The zero-order valence-corrected chi connectivity index (χ0v) is 21.8. The van der Waals surface area contributed by atoms with E-state index in [0.29, 0.717) is 0 Å². The highest BCUT2D eigenvalue weighted by molar-refractivity contribution is 7.48. The molecule has 9 heteroatoms. The molecule has 0 aliphatic carbocycles. The molecule has 0 bridgehead atoms. The van der Waals surface area contributed by atoms with Crippen LogP contribution >= 0.6 is 7.82 Å². The number of nitrogens with zero attached hydrogens (tertiary/aromatic N) is 3. The predicted molar refractivity (Wildman–Crippen MR) is 140 cm³/mol. The number of Topliss-reactive ketones (excluding diaryl/α,β-unsaturated/α-hetero) is 1. The van der Waals surface area contributed by atoms with Crippen LogP contribution in [0.1, 0.15) is 47.6 Å². The zero-order chi connectivity index (χ0) is 26.1. The van der Waals surface area contributed by atoms with E-state index >= 15 is 0 Å². The molecule has 0 N–H and O–H groups in total. The van der Waals surface area contributed by atoms with Crippen LogP contribution in [0.4, 0.5) is 0 Å². The van der Waals surface area contributed by atoms with E-state index < -0.39 is 13.4 Å². The third-order valence-electron chi connectivity index (χ3n) is 5.81. The molecule has 0 saturated heterocycles. The molecule has 1 heterocycles. The summed E-state index contributed by atoms with van der Waals surface area (Å²) >= 11 is 0. The van der Waals surface area contributed by atoms with Crippen molar-refractivity contribution >= 4 is 13.6 Å². The van der Waals surface area contributed by atoms with E-state index in [-0.39, 0.29) is 37.8 Å². The minimum atomic E-state index is -3.71. The average Bonchev–Trinajstić information content (AvgIpc) is 3.42. The highest BCUT2D eigenvalue weighted by atomic mass is 31.2. The Bertz CT molecular complexity index is 1220. The van der Waals surface area contributed by atoms with Gasteiger partial charge in [-0.3, -0.25) is 18.4 Å². The van der Waals surface area contributed by atoms with Gasteiger partial charge in [-0.1, -0.05) is 91.0 Å². The highest BCUT2D eigenvalue weighted by Crippen LogP contribution is 2.49. The first kappa shape index (κ1) is 26.6. The topological polar surface area (TPSA) is 92.5 Å². The van der Waals surface area contributed by atoms with Crippen LogP contribution in [0.5, 0.6) is 0 Å². The van der Waals surface area contributed by atoms with E-state index in [1.165, 1.54) is 0 Å². The average molecular weight is 520 g/mol. The second-order valence-corrected chi connectivity index (χ2v) is 9.78. The van der Waals surface area contributed by atoms with E-state index in [9.17, 15) is 9.36 Å². The minimum Gasteiger partial charge on any atom is -0.290 e. The fraction of sp³-hybridized carbons (Fsp3) is 0.250. The fourth-order valence-corrected chi connectivity index (χ4v) is 5.45. The Morgan fingerprint density at radius 3 is 1.68 bits per heavy atom. The van der Waals surface area contributed by atoms with Crippen LogP contribution in [-0.4, -0.2) is 40.4 Å². The lowest BCUT2D eigenvalue weighted by Crippen LogP contribution is -2.38. The highest BCUT2D eigenvalue weighted by Gasteiger charge is 2.40. The molecular formula is C28H30N3O5P. The summed E-state index contributed by atoms with van der Waals surface area (Å²) in [7, 11) is -3.71. The molecule has 3 aromatic carbocycles. The molecule has 0 saturated carbocycles. The van der Waals surface area contributed by atoms with Crippen molar-refractivity contribution in [2.45, 2.75) is 25.8 Å². The SMILES string of the molecule is CCOP(=O)(OCC)OCCC(=O)c1ncn(C(c2ccccc2)(c2ccccc2)c2ccccc2)n1. The molecule has 8 nitrogen and oxygen atoms in total. The third kappa shape index (κ3) is 5.78. The van der Waals surface area contributed by atoms with E-state index in [2.05, 4.69) is 10.1 Å². The van der Waals surface area contributed by atoms with Crippen LogP contribution in [0.3, 0.4) is 0 Å². The summed E-state index contributed by atoms with van der Waals surface area (Å²) in [5.41, 5.74) is 2.03. The maximum Gasteiger partial charge on any atom is 0.474 e. The van der Waals surface area contributed by atoms with Gasteiger partial charge in [0.05, 0.1) is 19.8 Å². The Labute approximate surface area is 216 Å². The van der Waals surface area contributed by atoms with Gasteiger partial charge in [-0.15, -0.1) is 5.10 Å². The number of ketones is 1. The second-order valence-electron chi connectivity index (χ2n) is 8.11. The number of phosphoric ester groups is 1. The van der Waals surface area contributed by atoms with Crippen molar-refractivity contribution in [1.82, 2.24) is 14.8 Å². The van der Waals surface area contributed by atoms with E-state index in [0.717, 1.165) is 16.7 Å². The largest absolute Gasteiger partial charge is 0.474 e. The molecule has 0 aliphatic heterocycles. The van der Waals surface area contributed by atoms with Crippen LogP contribution in [0.25, 0.3) is 0 Å². The van der Waals surface area contributed by atoms with Gasteiger partial charge in [0.25, 0.3) is 0 Å². The summed E-state index contributed by atoms with van der Waals surface area (Å²) in [5.74, 6) is -0.306.